The molecule has 1 aromatic rings. The molecule has 2 atom stereocenters. The minimum Gasteiger partial charge on any atom is -0.316 e. The van der Waals surface area contributed by atoms with Crippen LogP contribution in [-0.4, -0.2) is 13.1 Å². The summed E-state index contributed by atoms with van der Waals surface area (Å²) in [4.78, 5) is 0. The Hall–Kier alpha value is -0.960. The highest BCUT2D eigenvalue weighted by Crippen LogP contribution is 2.21. The summed E-state index contributed by atoms with van der Waals surface area (Å²) in [6.45, 7) is 4.38. The summed E-state index contributed by atoms with van der Waals surface area (Å²) in [5.41, 5.74) is 0.855. The minimum absolute atomic E-state index is 0.321. The van der Waals surface area contributed by atoms with Crippen molar-refractivity contribution in [2.45, 2.75) is 52.0 Å². The molecule has 0 aliphatic carbocycles. The molecule has 0 radical (unpaired) electrons. The molecule has 0 aliphatic rings. The van der Waals surface area contributed by atoms with Crippen molar-refractivity contribution in [2.75, 3.05) is 7.05 Å². The number of hydrogen-bond donors (Lipinski definition) is 1. The van der Waals surface area contributed by atoms with Gasteiger partial charge in [-0.05, 0) is 43.5 Å². The molecule has 0 heterocycles. The fourth-order valence-corrected chi connectivity index (χ4v) is 2.58. The molecule has 0 aliphatic heterocycles. The third kappa shape index (κ3) is 4.90. The van der Waals surface area contributed by atoms with Gasteiger partial charge in [-0.3, -0.25) is 0 Å². The molecule has 3 heteroatoms. The van der Waals surface area contributed by atoms with Crippen LogP contribution in [0.5, 0.6) is 0 Å². The van der Waals surface area contributed by atoms with Gasteiger partial charge in [0.05, 0.1) is 0 Å². The third-order valence-corrected chi connectivity index (χ3v) is 3.83. The minimum atomic E-state index is -0.775. The highest BCUT2D eigenvalue weighted by atomic mass is 19.2. The summed E-state index contributed by atoms with van der Waals surface area (Å²) in [7, 11) is 1.94. The zero-order valence-electron chi connectivity index (χ0n) is 12.2. The first-order valence-electron chi connectivity index (χ1n) is 7.23. The number of nitrogens with one attached hydrogen (secondary N) is 1. The van der Waals surface area contributed by atoms with Crippen LogP contribution in [0.3, 0.4) is 0 Å². The molecule has 19 heavy (non-hydrogen) atoms. The highest BCUT2D eigenvalue weighted by Gasteiger charge is 2.18. The van der Waals surface area contributed by atoms with Crippen molar-refractivity contribution in [1.29, 1.82) is 0 Å². The molecule has 0 aromatic heterocycles. The topological polar surface area (TPSA) is 12.0 Å². The normalized spacial score (nSPS) is 14.4. The van der Waals surface area contributed by atoms with Crippen molar-refractivity contribution >= 4 is 0 Å². The van der Waals surface area contributed by atoms with Crippen LogP contribution in [0.4, 0.5) is 8.78 Å². The van der Waals surface area contributed by atoms with Gasteiger partial charge in [-0.15, -0.1) is 0 Å². The van der Waals surface area contributed by atoms with Gasteiger partial charge >= 0.3 is 0 Å². The van der Waals surface area contributed by atoms with E-state index < -0.39 is 11.6 Å². The average molecular weight is 269 g/mol. The molecule has 0 saturated carbocycles. The first kappa shape index (κ1) is 16.1. The first-order chi connectivity index (χ1) is 9.12. The van der Waals surface area contributed by atoms with E-state index in [0.717, 1.165) is 18.4 Å². The Bertz CT molecular complexity index is 379. The standard InChI is InChI=1S/C16H25F2N/c1-4-6-7-13(5-2)16(19-3)11-12-8-9-14(17)15(18)10-12/h8-10,13,16,19H,4-7,11H2,1-3H3. The van der Waals surface area contributed by atoms with Crippen molar-refractivity contribution in [1.82, 2.24) is 5.32 Å². The molecular weight excluding hydrogens is 244 g/mol. The number of benzene rings is 1. The summed E-state index contributed by atoms with van der Waals surface area (Å²) in [5.74, 6) is -0.949. The molecule has 108 valence electrons. The second-order valence-corrected chi connectivity index (χ2v) is 5.16. The summed E-state index contributed by atoms with van der Waals surface area (Å²) in [5, 5.41) is 3.33. The zero-order chi connectivity index (χ0) is 14.3. The lowest BCUT2D eigenvalue weighted by Gasteiger charge is -2.26. The molecule has 1 rings (SSSR count). The largest absolute Gasteiger partial charge is 0.316 e. The summed E-state index contributed by atoms with van der Waals surface area (Å²) in [6.07, 6.45) is 5.44. The fourth-order valence-electron chi connectivity index (χ4n) is 2.58. The van der Waals surface area contributed by atoms with E-state index in [1.807, 2.05) is 7.05 Å². The predicted molar refractivity (Wildman–Crippen MR) is 76.2 cm³/mol. The third-order valence-electron chi connectivity index (χ3n) is 3.83. The zero-order valence-corrected chi connectivity index (χ0v) is 12.2. The van der Waals surface area contributed by atoms with Crippen molar-refractivity contribution in [3.63, 3.8) is 0 Å². The molecule has 2 unspecified atom stereocenters. The van der Waals surface area contributed by atoms with Gasteiger partial charge in [0.25, 0.3) is 0 Å². The second-order valence-electron chi connectivity index (χ2n) is 5.16. The summed E-state index contributed by atoms with van der Waals surface area (Å²) >= 11 is 0. The van der Waals surface area contributed by atoms with Crippen molar-refractivity contribution < 1.29 is 8.78 Å². The number of hydrogen-bond acceptors (Lipinski definition) is 1. The van der Waals surface area contributed by atoms with Gasteiger partial charge in [0.1, 0.15) is 0 Å². The molecule has 0 spiro atoms. The highest BCUT2D eigenvalue weighted by molar-refractivity contribution is 5.19. The van der Waals surface area contributed by atoms with Gasteiger partial charge in [0, 0.05) is 6.04 Å². The number of likely N-dealkylation sites (N-methyl/N-ethyl adjacent to an activating group) is 1. The van der Waals surface area contributed by atoms with Crippen LogP contribution in [0.25, 0.3) is 0 Å². The number of rotatable bonds is 8. The fraction of sp³-hybridized carbons (Fsp3) is 0.625. The lowest BCUT2D eigenvalue weighted by molar-refractivity contribution is 0.330. The van der Waals surface area contributed by atoms with Gasteiger partial charge in [-0.1, -0.05) is 39.2 Å². The molecule has 1 N–H and O–H groups in total. The van der Waals surface area contributed by atoms with Crippen molar-refractivity contribution in [3.8, 4) is 0 Å². The van der Waals surface area contributed by atoms with E-state index in [1.165, 1.54) is 31.4 Å². The molecule has 0 amide bonds. The molecule has 1 nitrogen and oxygen atoms in total. The van der Waals surface area contributed by atoms with E-state index >= 15 is 0 Å². The van der Waals surface area contributed by atoms with Gasteiger partial charge in [-0.25, -0.2) is 8.78 Å². The van der Waals surface area contributed by atoms with Gasteiger partial charge in [0.15, 0.2) is 11.6 Å². The predicted octanol–water partition coefficient (Wildman–Crippen LogP) is 4.31. The van der Waals surface area contributed by atoms with E-state index in [1.54, 1.807) is 6.07 Å². The van der Waals surface area contributed by atoms with Crippen LogP contribution in [0.2, 0.25) is 0 Å². The monoisotopic (exact) mass is 269 g/mol. The Morgan fingerprint density at radius 3 is 2.42 bits per heavy atom. The maximum absolute atomic E-state index is 13.2. The lowest BCUT2D eigenvalue weighted by Crippen LogP contribution is -2.35. The van der Waals surface area contributed by atoms with Crippen molar-refractivity contribution in [2.24, 2.45) is 5.92 Å². The Morgan fingerprint density at radius 1 is 1.16 bits per heavy atom. The van der Waals surface area contributed by atoms with E-state index in [9.17, 15) is 8.78 Å². The van der Waals surface area contributed by atoms with E-state index in [-0.39, 0.29) is 0 Å². The van der Waals surface area contributed by atoms with Crippen LogP contribution in [0, 0.1) is 17.6 Å². The van der Waals surface area contributed by atoms with Gasteiger partial charge in [-0.2, -0.15) is 0 Å². The molecule has 0 fully saturated rings. The molecule has 1 aromatic carbocycles. The van der Waals surface area contributed by atoms with E-state index in [2.05, 4.69) is 19.2 Å². The van der Waals surface area contributed by atoms with Crippen LogP contribution in [0.1, 0.15) is 45.1 Å². The van der Waals surface area contributed by atoms with E-state index in [4.69, 9.17) is 0 Å². The van der Waals surface area contributed by atoms with Gasteiger partial charge < -0.3 is 5.32 Å². The number of unbranched alkanes of at least 4 members (excludes halogenated alkanes) is 1. The lowest BCUT2D eigenvalue weighted by atomic mass is 9.87. The summed E-state index contributed by atoms with van der Waals surface area (Å²) < 4.78 is 26.1. The summed E-state index contributed by atoms with van der Waals surface area (Å²) in [6, 6.07) is 4.52. The molecule has 0 bridgehead atoms. The maximum Gasteiger partial charge on any atom is 0.159 e. The second kappa shape index (κ2) is 8.26. The molecule has 0 saturated heterocycles. The Labute approximate surface area is 115 Å². The Kier molecular flexibility index (Phi) is 7.00. The maximum atomic E-state index is 13.2. The van der Waals surface area contributed by atoms with Crippen LogP contribution < -0.4 is 5.32 Å². The number of halogens is 2. The average Bonchev–Trinajstić information content (AvgIpc) is 2.42. The Morgan fingerprint density at radius 2 is 1.89 bits per heavy atom. The smallest absolute Gasteiger partial charge is 0.159 e. The van der Waals surface area contributed by atoms with Crippen LogP contribution in [0.15, 0.2) is 18.2 Å². The van der Waals surface area contributed by atoms with Crippen LogP contribution >= 0.6 is 0 Å². The first-order valence-corrected chi connectivity index (χ1v) is 7.23. The molecular formula is C16H25F2N. The SMILES string of the molecule is CCCCC(CC)C(Cc1ccc(F)c(F)c1)NC. The quantitative estimate of drug-likeness (QED) is 0.741. The van der Waals surface area contributed by atoms with Crippen molar-refractivity contribution in [3.05, 3.63) is 35.4 Å². The Balaban J connectivity index is 2.70. The van der Waals surface area contributed by atoms with Crippen LogP contribution in [-0.2, 0) is 6.42 Å². The van der Waals surface area contributed by atoms with E-state index in [0.29, 0.717) is 12.0 Å². The van der Waals surface area contributed by atoms with Gasteiger partial charge in [0.2, 0.25) is 0 Å².